The fourth-order valence-electron chi connectivity index (χ4n) is 1.68. The zero-order chi connectivity index (χ0) is 13.7. The van der Waals surface area contributed by atoms with E-state index in [0.29, 0.717) is 37.2 Å². The molecule has 0 saturated heterocycles. The van der Waals surface area contributed by atoms with E-state index in [1.54, 1.807) is 18.7 Å². The molecule has 0 aromatic carbocycles. The summed E-state index contributed by atoms with van der Waals surface area (Å²) in [6.07, 6.45) is 0. The number of carboxylic acid groups (broad SMARTS) is 1. The molecule has 0 bridgehead atoms. The van der Waals surface area contributed by atoms with Crippen molar-refractivity contribution in [2.24, 2.45) is 13.0 Å². The Kier molecular flexibility index (Phi) is 5.15. The number of carboxylic acids is 1. The first-order valence-corrected chi connectivity index (χ1v) is 6.02. The normalized spacial score (nSPS) is 10.9. The SMILES string of the molecule is Cc1nn(C)c(NCCOCC(C)C)c1C(=O)O. The van der Waals surface area contributed by atoms with Gasteiger partial charge in [-0.05, 0) is 12.8 Å². The van der Waals surface area contributed by atoms with Gasteiger partial charge in [0, 0.05) is 20.2 Å². The van der Waals surface area contributed by atoms with Gasteiger partial charge < -0.3 is 15.2 Å². The van der Waals surface area contributed by atoms with Crippen LogP contribution in [0.5, 0.6) is 0 Å². The Bertz CT molecular complexity index is 413. The van der Waals surface area contributed by atoms with Gasteiger partial charge in [0.05, 0.1) is 12.3 Å². The highest BCUT2D eigenvalue weighted by molar-refractivity contribution is 5.94. The highest BCUT2D eigenvalue weighted by atomic mass is 16.5. The number of carbonyl (C=O) groups is 1. The maximum absolute atomic E-state index is 11.1. The van der Waals surface area contributed by atoms with Crippen molar-refractivity contribution in [1.82, 2.24) is 9.78 Å². The minimum absolute atomic E-state index is 0.223. The monoisotopic (exact) mass is 255 g/mol. The van der Waals surface area contributed by atoms with Crippen LogP contribution in [0.3, 0.4) is 0 Å². The van der Waals surface area contributed by atoms with Crippen LogP contribution in [0, 0.1) is 12.8 Å². The molecule has 1 rings (SSSR count). The molecule has 102 valence electrons. The highest BCUT2D eigenvalue weighted by Gasteiger charge is 2.18. The van der Waals surface area contributed by atoms with Crippen molar-refractivity contribution in [2.75, 3.05) is 25.1 Å². The molecule has 6 nitrogen and oxygen atoms in total. The molecule has 0 spiro atoms. The molecule has 0 amide bonds. The minimum atomic E-state index is -0.966. The van der Waals surface area contributed by atoms with Crippen molar-refractivity contribution in [2.45, 2.75) is 20.8 Å². The average Bonchev–Trinajstić information content (AvgIpc) is 2.52. The van der Waals surface area contributed by atoms with Crippen molar-refractivity contribution < 1.29 is 14.6 Å². The molecule has 0 unspecified atom stereocenters. The third-order valence-corrected chi connectivity index (χ3v) is 2.43. The van der Waals surface area contributed by atoms with Gasteiger partial charge in [0.15, 0.2) is 0 Å². The van der Waals surface area contributed by atoms with Crippen LogP contribution in [0.2, 0.25) is 0 Å². The van der Waals surface area contributed by atoms with Gasteiger partial charge in [0.25, 0.3) is 0 Å². The Hall–Kier alpha value is -1.56. The molecule has 0 fully saturated rings. The minimum Gasteiger partial charge on any atom is -0.477 e. The molecule has 1 aromatic rings. The van der Waals surface area contributed by atoms with Crippen LogP contribution in [0.15, 0.2) is 0 Å². The number of hydrogen-bond acceptors (Lipinski definition) is 4. The molecule has 0 aliphatic carbocycles. The zero-order valence-electron chi connectivity index (χ0n) is 11.4. The summed E-state index contributed by atoms with van der Waals surface area (Å²) in [6, 6.07) is 0. The number of hydrogen-bond donors (Lipinski definition) is 2. The first-order chi connectivity index (χ1) is 8.43. The number of aromatic carboxylic acids is 1. The van der Waals surface area contributed by atoms with E-state index in [1.807, 2.05) is 0 Å². The van der Waals surface area contributed by atoms with E-state index < -0.39 is 5.97 Å². The van der Waals surface area contributed by atoms with Crippen molar-refractivity contribution in [3.8, 4) is 0 Å². The van der Waals surface area contributed by atoms with Gasteiger partial charge in [-0.25, -0.2) is 4.79 Å². The summed E-state index contributed by atoms with van der Waals surface area (Å²) in [7, 11) is 1.72. The van der Waals surface area contributed by atoms with Gasteiger partial charge in [-0.1, -0.05) is 13.8 Å². The molecular weight excluding hydrogens is 234 g/mol. The van der Waals surface area contributed by atoms with E-state index in [2.05, 4.69) is 24.3 Å². The van der Waals surface area contributed by atoms with Crippen LogP contribution in [0.4, 0.5) is 5.82 Å². The van der Waals surface area contributed by atoms with Crippen molar-refractivity contribution >= 4 is 11.8 Å². The van der Waals surface area contributed by atoms with E-state index >= 15 is 0 Å². The topological polar surface area (TPSA) is 76.4 Å². The van der Waals surface area contributed by atoms with Gasteiger partial charge >= 0.3 is 5.97 Å². The van der Waals surface area contributed by atoms with E-state index in [0.717, 1.165) is 0 Å². The Labute approximate surface area is 107 Å². The van der Waals surface area contributed by atoms with Crippen molar-refractivity contribution in [1.29, 1.82) is 0 Å². The van der Waals surface area contributed by atoms with Gasteiger partial charge in [-0.2, -0.15) is 5.10 Å². The molecule has 6 heteroatoms. The third kappa shape index (κ3) is 3.73. The van der Waals surface area contributed by atoms with Crippen LogP contribution in [-0.4, -0.2) is 40.6 Å². The summed E-state index contributed by atoms with van der Waals surface area (Å²) in [5.74, 6) is 0.0536. The summed E-state index contributed by atoms with van der Waals surface area (Å²) in [5.41, 5.74) is 0.733. The molecule has 0 aliphatic rings. The Morgan fingerprint density at radius 1 is 1.56 bits per heavy atom. The Morgan fingerprint density at radius 2 is 2.22 bits per heavy atom. The number of nitrogens with zero attached hydrogens (tertiary/aromatic N) is 2. The average molecular weight is 255 g/mol. The van der Waals surface area contributed by atoms with Crippen LogP contribution in [0.1, 0.15) is 29.9 Å². The van der Waals surface area contributed by atoms with Crippen molar-refractivity contribution in [3.63, 3.8) is 0 Å². The summed E-state index contributed by atoms with van der Waals surface area (Å²) >= 11 is 0. The second kappa shape index (κ2) is 6.39. The molecule has 2 N–H and O–H groups in total. The lowest BCUT2D eigenvalue weighted by Gasteiger charge is -2.09. The quantitative estimate of drug-likeness (QED) is 0.722. The van der Waals surface area contributed by atoms with E-state index in [9.17, 15) is 4.79 Å². The zero-order valence-corrected chi connectivity index (χ0v) is 11.4. The summed E-state index contributed by atoms with van der Waals surface area (Å²) in [6.45, 7) is 7.66. The first-order valence-electron chi connectivity index (χ1n) is 6.02. The Balaban J connectivity index is 2.54. The molecule has 0 saturated carbocycles. The maximum Gasteiger partial charge on any atom is 0.341 e. The van der Waals surface area contributed by atoms with Crippen molar-refractivity contribution in [3.05, 3.63) is 11.3 Å². The molecule has 18 heavy (non-hydrogen) atoms. The smallest absolute Gasteiger partial charge is 0.341 e. The number of nitrogens with one attached hydrogen (secondary N) is 1. The van der Waals surface area contributed by atoms with Gasteiger partial charge in [0.2, 0.25) is 0 Å². The molecular formula is C12H21N3O3. The summed E-state index contributed by atoms with van der Waals surface area (Å²) < 4.78 is 6.97. The summed E-state index contributed by atoms with van der Waals surface area (Å²) in [5, 5.41) is 16.3. The second-order valence-electron chi connectivity index (χ2n) is 4.63. The van der Waals surface area contributed by atoms with E-state index in [-0.39, 0.29) is 5.56 Å². The molecule has 1 heterocycles. The molecule has 0 atom stereocenters. The molecule has 0 radical (unpaired) electrons. The largest absolute Gasteiger partial charge is 0.477 e. The Morgan fingerprint density at radius 3 is 2.78 bits per heavy atom. The number of rotatable bonds is 7. The lowest BCUT2D eigenvalue weighted by molar-refractivity contribution is 0.0697. The van der Waals surface area contributed by atoms with Crippen LogP contribution >= 0.6 is 0 Å². The first kappa shape index (κ1) is 14.5. The number of aryl methyl sites for hydroxylation is 2. The lowest BCUT2D eigenvalue weighted by Crippen LogP contribution is -2.15. The predicted molar refractivity (Wildman–Crippen MR) is 69.1 cm³/mol. The fraction of sp³-hybridized carbons (Fsp3) is 0.667. The molecule has 0 aliphatic heterocycles. The van der Waals surface area contributed by atoms with Crippen LogP contribution in [-0.2, 0) is 11.8 Å². The molecule has 1 aromatic heterocycles. The van der Waals surface area contributed by atoms with E-state index in [4.69, 9.17) is 9.84 Å². The fourth-order valence-corrected chi connectivity index (χ4v) is 1.68. The van der Waals surface area contributed by atoms with Gasteiger partial charge in [-0.15, -0.1) is 0 Å². The van der Waals surface area contributed by atoms with Gasteiger partial charge in [-0.3, -0.25) is 4.68 Å². The van der Waals surface area contributed by atoms with Crippen LogP contribution in [0.25, 0.3) is 0 Å². The second-order valence-corrected chi connectivity index (χ2v) is 4.63. The number of anilines is 1. The number of aromatic nitrogens is 2. The number of ether oxygens (including phenoxy) is 1. The standard InChI is InChI=1S/C12H21N3O3/c1-8(2)7-18-6-5-13-11-10(12(16)17)9(3)14-15(11)4/h8,13H,5-7H2,1-4H3,(H,16,17). The van der Waals surface area contributed by atoms with Crippen LogP contribution < -0.4 is 5.32 Å². The van der Waals surface area contributed by atoms with E-state index in [1.165, 1.54) is 0 Å². The lowest BCUT2D eigenvalue weighted by atomic mass is 10.2. The van der Waals surface area contributed by atoms with Gasteiger partial charge in [0.1, 0.15) is 11.4 Å². The third-order valence-electron chi connectivity index (χ3n) is 2.43. The maximum atomic E-state index is 11.1. The summed E-state index contributed by atoms with van der Waals surface area (Å²) in [4.78, 5) is 11.1. The highest BCUT2D eigenvalue weighted by Crippen LogP contribution is 2.18. The predicted octanol–water partition coefficient (Wildman–Crippen LogP) is 1.51.